The van der Waals surface area contributed by atoms with Crippen LogP contribution < -0.4 is 16.6 Å². The van der Waals surface area contributed by atoms with E-state index in [9.17, 15) is 14.4 Å². The van der Waals surface area contributed by atoms with Gasteiger partial charge in [0, 0.05) is 26.9 Å². The lowest BCUT2D eigenvalue weighted by Gasteiger charge is -2.11. The molecular weight excluding hydrogens is 430 g/mol. The maximum absolute atomic E-state index is 13.0. The maximum Gasteiger partial charge on any atom is 0.332 e. The van der Waals surface area contributed by atoms with E-state index in [0.717, 1.165) is 21.3 Å². The van der Waals surface area contributed by atoms with E-state index in [-0.39, 0.29) is 29.4 Å². The van der Waals surface area contributed by atoms with Gasteiger partial charge in [-0.05, 0) is 23.1 Å². The van der Waals surface area contributed by atoms with Crippen LogP contribution >= 0.6 is 0 Å². The zero-order valence-electron chi connectivity index (χ0n) is 19.1. The van der Waals surface area contributed by atoms with E-state index in [1.807, 2.05) is 54.6 Å². The number of amides is 1. The first-order chi connectivity index (χ1) is 16.4. The van der Waals surface area contributed by atoms with Crippen molar-refractivity contribution in [3.8, 4) is 23.5 Å². The number of terminal acetylenes is 1. The Bertz CT molecular complexity index is 1500. The zero-order valence-corrected chi connectivity index (χ0v) is 19.1. The lowest BCUT2D eigenvalue weighted by molar-refractivity contribution is -0.116. The number of aryl methyl sites for hydroxylation is 1. The molecule has 34 heavy (non-hydrogen) atoms. The van der Waals surface area contributed by atoms with Crippen molar-refractivity contribution in [2.45, 2.75) is 25.8 Å². The molecule has 0 saturated heterocycles. The summed E-state index contributed by atoms with van der Waals surface area (Å²) in [5.41, 5.74) is 2.59. The monoisotopic (exact) mass is 455 g/mol. The molecule has 4 aromatic rings. The molecular formula is C26H25N5O3. The van der Waals surface area contributed by atoms with E-state index in [4.69, 9.17) is 6.42 Å². The van der Waals surface area contributed by atoms with Gasteiger partial charge in [-0.1, -0.05) is 54.6 Å². The molecule has 2 aromatic heterocycles. The molecule has 1 amide bonds. The molecule has 0 radical (unpaired) electrons. The van der Waals surface area contributed by atoms with Crippen LogP contribution in [0.3, 0.4) is 0 Å². The number of anilines is 1. The van der Waals surface area contributed by atoms with Crippen LogP contribution in [0.5, 0.6) is 0 Å². The summed E-state index contributed by atoms with van der Waals surface area (Å²) in [4.78, 5) is 42.4. The van der Waals surface area contributed by atoms with Crippen LogP contribution in [0.25, 0.3) is 22.3 Å². The first-order valence-electron chi connectivity index (χ1n) is 10.9. The van der Waals surface area contributed by atoms with Crippen LogP contribution in [0.15, 0.2) is 64.2 Å². The predicted molar refractivity (Wildman–Crippen MR) is 133 cm³/mol. The highest BCUT2D eigenvalue weighted by molar-refractivity contribution is 5.91. The Kier molecular flexibility index (Phi) is 6.46. The van der Waals surface area contributed by atoms with Crippen LogP contribution in [0.2, 0.25) is 0 Å². The molecule has 0 saturated carbocycles. The third-order valence-corrected chi connectivity index (χ3v) is 5.73. The summed E-state index contributed by atoms with van der Waals surface area (Å²) >= 11 is 0. The van der Waals surface area contributed by atoms with Crippen molar-refractivity contribution in [2.24, 2.45) is 14.1 Å². The van der Waals surface area contributed by atoms with Crippen molar-refractivity contribution in [1.82, 2.24) is 18.7 Å². The molecule has 8 nitrogen and oxygen atoms in total. The van der Waals surface area contributed by atoms with Gasteiger partial charge < -0.3 is 0 Å². The highest BCUT2D eigenvalue weighted by atomic mass is 16.2. The fourth-order valence-corrected chi connectivity index (χ4v) is 3.85. The molecule has 0 spiro atoms. The predicted octanol–water partition coefficient (Wildman–Crippen LogP) is 2.89. The number of carbonyl (C=O) groups excluding carboxylic acids is 1. The number of fused-ring (bicyclic) bond motifs is 1. The van der Waals surface area contributed by atoms with Gasteiger partial charge in [-0.15, -0.1) is 12.3 Å². The highest BCUT2D eigenvalue weighted by Gasteiger charge is 2.20. The Hall–Kier alpha value is -4.38. The number of unbranched alkanes of at least 4 members (excludes halogenated alkanes) is 1. The van der Waals surface area contributed by atoms with Crippen molar-refractivity contribution in [3.63, 3.8) is 0 Å². The first-order valence-corrected chi connectivity index (χ1v) is 10.9. The Morgan fingerprint density at radius 1 is 1.00 bits per heavy atom. The van der Waals surface area contributed by atoms with Gasteiger partial charge in [-0.25, -0.2) is 4.79 Å². The second-order valence-electron chi connectivity index (χ2n) is 8.07. The number of carbonyl (C=O) groups is 1. The SMILES string of the molecule is C#CCCCC(=O)Nc1nc2c(c(=O)n(C)c(=O)n2C)n1Cc1ccc(-c2ccccc2)cc1. The second-order valence-corrected chi connectivity index (χ2v) is 8.07. The molecule has 4 rings (SSSR count). The molecule has 0 aliphatic heterocycles. The highest BCUT2D eigenvalue weighted by Crippen LogP contribution is 2.22. The lowest BCUT2D eigenvalue weighted by atomic mass is 10.0. The van der Waals surface area contributed by atoms with Gasteiger partial charge in [0.2, 0.25) is 11.9 Å². The number of aromatic nitrogens is 4. The van der Waals surface area contributed by atoms with Gasteiger partial charge in [0.1, 0.15) is 0 Å². The Balaban J connectivity index is 1.75. The van der Waals surface area contributed by atoms with Crippen molar-refractivity contribution in [3.05, 3.63) is 81.0 Å². The van der Waals surface area contributed by atoms with Gasteiger partial charge in [0.05, 0.1) is 6.54 Å². The maximum atomic E-state index is 13.0. The lowest BCUT2D eigenvalue weighted by Crippen LogP contribution is -2.37. The summed E-state index contributed by atoms with van der Waals surface area (Å²) in [6, 6.07) is 18.0. The summed E-state index contributed by atoms with van der Waals surface area (Å²) in [6.07, 6.45) is 6.54. The van der Waals surface area contributed by atoms with Gasteiger partial charge in [0.25, 0.3) is 5.56 Å². The van der Waals surface area contributed by atoms with Gasteiger partial charge in [-0.2, -0.15) is 4.98 Å². The molecule has 8 heteroatoms. The number of hydrogen-bond acceptors (Lipinski definition) is 4. The van der Waals surface area contributed by atoms with Crippen molar-refractivity contribution in [2.75, 3.05) is 5.32 Å². The average Bonchev–Trinajstić information content (AvgIpc) is 3.20. The van der Waals surface area contributed by atoms with Crippen molar-refractivity contribution in [1.29, 1.82) is 0 Å². The Labute approximate surface area is 196 Å². The topological polar surface area (TPSA) is 90.9 Å². The van der Waals surface area contributed by atoms with E-state index in [0.29, 0.717) is 19.4 Å². The summed E-state index contributed by atoms with van der Waals surface area (Å²) in [6.45, 7) is 0.291. The standard InChI is InChI=1S/C26H25N5O3/c1-4-5-7-12-21(32)27-25-28-23-22(24(33)30(3)26(34)29(23)2)31(25)17-18-13-15-20(16-14-18)19-10-8-6-9-11-19/h1,6,8-11,13-16H,5,7,12,17H2,2-3H3,(H,27,28,32). The summed E-state index contributed by atoms with van der Waals surface area (Å²) in [5.74, 6) is 2.47. The Morgan fingerprint density at radius 3 is 2.35 bits per heavy atom. The van der Waals surface area contributed by atoms with E-state index in [2.05, 4.69) is 16.2 Å². The van der Waals surface area contributed by atoms with Crippen molar-refractivity contribution < 1.29 is 4.79 Å². The number of nitrogens with zero attached hydrogens (tertiary/aromatic N) is 4. The molecule has 2 heterocycles. The van der Waals surface area contributed by atoms with Crippen molar-refractivity contribution >= 4 is 23.0 Å². The number of imidazole rings is 1. The quantitative estimate of drug-likeness (QED) is 0.343. The third kappa shape index (κ3) is 4.41. The van der Waals surface area contributed by atoms with E-state index < -0.39 is 11.2 Å². The van der Waals surface area contributed by atoms with Gasteiger partial charge in [-0.3, -0.25) is 28.6 Å². The van der Waals surface area contributed by atoms with Crippen LogP contribution in [0.1, 0.15) is 24.8 Å². The van der Waals surface area contributed by atoms with Crippen LogP contribution in [0, 0.1) is 12.3 Å². The number of hydrogen-bond donors (Lipinski definition) is 1. The number of rotatable bonds is 7. The summed E-state index contributed by atoms with van der Waals surface area (Å²) in [5, 5.41) is 2.79. The smallest absolute Gasteiger partial charge is 0.300 e. The zero-order chi connectivity index (χ0) is 24.2. The van der Waals surface area contributed by atoms with E-state index in [1.165, 1.54) is 11.6 Å². The molecule has 0 aliphatic rings. The molecule has 2 aromatic carbocycles. The number of benzene rings is 2. The normalized spacial score (nSPS) is 10.9. The minimum Gasteiger partial charge on any atom is -0.300 e. The fraction of sp³-hybridized carbons (Fsp3) is 0.231. The average molecular weight is 456 g/mol. The Morgan fingerprint density at radius 2 is 1.68 bits per heavy atom. The van der Waals surface area contributed by atoms with Crippen LogP contribution in [0.4, 0.5) is 5.95 Å². The second kappa shape index (κ2) is 9.63. The summed E-state index contributed by atoms with van der Waals surface area (Å²) in [7, 11) is 2.97. The molecule has 0 aliphatic carbocycles. The van der Waals surface area contributed by atoms with Gasteiger partial charge in [0.15, 0.2) is 11.2 Å². The van der Waals surface area contributed by atoms with Gasteiger partial charge >= 0.3 is 5.69 Å². The van der Waals surface area contributed by atoms with E-state index in [1.54, 1.807) is 11.6 Å². The molecule has 0 fully saturated rings. The van der Waals surface area contributed by atoms with Crippen LogP contribution in [-0.4, -0.2) is 24.6 Å². The van der Waals surface area contributed by atoms with Crippen LogP contribution in [-0.2, 0) is 25.4 Å². The largest absolute Gasteiger partial charge is 0.332 e. The molecule has 172 valence electrons. The minimum absolute atomic E-state index is 0.214. The molecule has 1 N–H and O–H groups in total. The van der Waals surface area contributed by atoms with E-state index >= 15 is 0 Å². The molecule has 0 atom stereocenters. The molecule has 0 unspecified atom stereocenters. The minimum atomic E-state index is -0.485. The third-order valence-electron chi connectivity index (χ3n) is 5.73. The number of nitrogens with one attached hydrogen (secondary N) is 1. The molecule has 0 bridgehead atoms. The fourth-order valence-electron chi connectivity index (χ4n) is 3.85. The first kappa shape index (κ1) is 22.8. The summed E-state index contributed by atoms with van der Waals surface area (Å²) < 4.78 is 3.99.